The average molecular weight is 295 g/mol. The SMILES string of the molecule is O=C(Oc1ccc(S(=O)(=O)[O-])cc1)C1CC2CCC1C2. The minimum atomic E-state index is -4.46. The van der Waals surface area contributed by atoms with Crippen LogP contribution >= 0.6 is 0 Å². The van der Waals surface area contributed by atoms with Gasteiger partial charge in [-0.1, -0.05) is 6.42 Å². The molecule has 2 bridgehead atoms. The van der Waals surface area contributed by atoms with Crippen molar-refractivity contribution in [3.05, 3.63) is 24.3 Å². The molecule has 2 fully saturated rings. The van der Waals surface area contributed by atoms with E-state index in [1.165, 1.54) is 18.6 Å². The van der Waals surface area contributed by atoms with Gasteiger partial charge in [-0.2, -0.15) is 0 Å². The summed E-state index contributed by atoms with van der Waals surface area (Å²) in [5.41, 5.74) is 0. The van der Waals surface area contributed by atoms with Crippen LogP contribution in [0.25, 0.3) is 0 Å². The Kier molecular flexibility index (Phi) is 3.30. The first-order valence-corrected chi connectivity index (χ1v) is 8.12. The van der Waals surface area contributed by atoms with E-state index in [1.807, 2.05) is 0 Å². The van der Waals surface area contributed by atoms with E-state index < -0.39 is 10.1 Å². The Morgan fingerprint density at radius 1 is 1.15 bits per heavy atom. The minimum Gasteiger partial charge on any atom is -0.744 e. The summed E-state index contributed by atoms with van der Waals surface area (Å²) in [7, 11) is -4.46. The second-order valence-corrected chi connectivity index (χ2v) is 7.01. The van der Waals surface area contributed by atoms with Crippen LogP contribution < -0.4 is 4.74 Å². The van der Waals surface area contributed by atoms with Gasteiger partial charge in [0, 0.05) is 0 Å². The second-order valence-electron chi connectivity index (χ2n) is 5.63. The Balaban J connectivity index is 1.67. The molecular weight excluding hydrogens is 280 g/mol. The lowest BCUT2D eigenvalue weighted by Gasteiger charge is -2.19. The number of rotatable bonds is 3. The van der Waals surface area contributed by atoms with Crippen LogP contribution in [-0.4, -0.2) is 18.9 Å². The number of carbonyl (C=O) groups is 1. The molecule has 0 spiro atoms. The van der Waals surface area contributed by atoms with Crippen LogP contribution in [0.4, 0.5) is 0 Å². The number of benzene rings is 1. The van der Waals surface area contributed by atoms with Crippen molar-refractivity contribution in [2.75, 3.05) is 0 Å². The molecule has 1 aromatic rings. The van der Waals surface area contributed by atoms with Gasteiger partial charge in [0.1, 0.15) is 15.9 Å². The summed E-state index contributed by atoms with van der Waals surface area (Å²) in [6.45, 7) is 0. The molecule has 5 nitrogen and oxygen atoms in total. The molecule has 0 aromatic heterocycles. The van der Waals surface area contributed by atoms with E-state index in [2.05, 4.69) is 0 Å². The van der Waals surface area contributed by atoms with Gasteiger partial charge >= 0.3 is 5.97 Å². The number of ether oxygens (including phenoxy) is 1. The molecule has 0 heterocycles. The molecule has 108 valence electrons. The first-order chi connectivity index (χ1) is 9.43. The highest BCUT2D eigenvalue weighted by Gasteiger charge is 2.44. The van der Waals surface area contributed by atoms with Crippen LogP contribution in [0.2, 0.25) is 0 Å². The Morgan fingerprint density at radius 3 is 2.35 bits per heavy atom. The molecule has 0 amide bonds. The van der Waals surface area contributed by atoms with Crippen LogP contribution in [0.15, 0.2) is 29.2 Å². The van der Waals surface area contributed by atoms with Gasteiger partial charge in [0.25, 0.3) is 0 Å². The average Bonchev–Trinajstić information content (AvgIpc) is 3.00. The predicted octanol–water partition coefficient (Wildman–Crippen LogP) is 1.93. The zero-order chi connectivity index (χ0) is 14.3. The van der Waals surface area contributed by atoms with Gasteiger partial charge in [-0.3, -0.25) is 4.79 Å². The van der Waals surface area contributed by atoms with Gasteiger partial charge in [0.2, 0.25) is 0 Å². The third kappa shape index (κ3) is 2.58. The molecule has 1 aromatic carbocycles. The summed E-state index contributed by atoms with van der Waals surface area (Å²) < 4.78 is 37.7. The maximum absolute atomic E-state index is 12.1. The Morgan fingerprint density at radius 2 is 1.85 bits per heavy atom. The smallest absolute Gasteiger partial charge is 0.314 e. The molecule has 2 aliphatic rings. The van der Waals surface area contributed by atoms with Crippen LogP contribution in [0.3, 0.4) is 0 Å². The van der Waals surface area contributed by atoms with E-state index in [4.69, 9.17) is 4.74 Å². The standard InChI is InChI=1S/C14H16O5S/c15-14(13-8-9-1-2-10(13)7-9)19-11-3-5-12(6-4-11)20(16,17)18/h3-6,9-10,13H,1-2,7-8H2,(H,16,17,18)/p-1. The largest absolute Gasteiger partial charge is 0.744 e. The van der Waals surface area contributed by atoms with Gasteiger partial charge in [-0.15, -0.1) is 0 Å². The van der Waals surface area contributed by atoms with Gasteiger partial charge in [0.15, 0.2) is 0 Å². The molecule has 0 saturated heterocycles. The molecule has 6 heteroatoms. The normalized spacial score (nSPS) is 28.6. The predicted molar refractivity (Wildman–Crippen MR) is 69.0 cm³/mol. The minimum absolute atomic E-state index is 0.0309. The fourth-order valence-corrected chi connectivity index (χ4v) is 3.87. The number of hydrogen-bond acceptors (Lipinski definition) is 5. The third-order valence-corrected chi connectivity index (χ3v) is 5.22. The molecule has 3 atom stereocenters. The van der Waals surface area contributed by atoms with E-state index in [-0.39, 0.29) is 22.5 Å². The van der Waals surface area contributed by atoms with Crippen molar-refractivity contribution in [1.82, 2.24) is 0 Å². The van der Waals surface area contributed by atoms with E-state index in [1.54, 1.807) is 0 Å². The van der Waals surface area contributed by atoms with Crippen LogP contribution in [0, 0.1) is 17.8 Å². The monoisotopic (exact) mass is 295 g/mol. The number of carbonyl (C=O) groups excluding carboxylic acids is 1. The summed E-state index contributed by atoms with van der Waals surface area (Å²) in [5, 5.41) is 0. The summed E-state index contributed by atoms with van der Waals surface area (Å²) in [6.07, 6.45) is 4.33. The van der Waals surface area contributed by atoms with Crippen molar-refractivity contribution in [3.8, 4) is 5.75 Å². The molecule has 0 aliphatic heterocycles. The molecule has 0 radical (unpaired) electrons. The summed E-state index contributed by atoms with van der Waals surface area (Å²) >= 11 is 0. The molecule has 3 rings (SSSR count). The van der Waals surface area contributed by atoms with Gasteiger partial charge < -0.3 is 9.29 Å². The maximum Gasteiger partial charge on any atom is 0.314 e. The molecule has 2 aliphatic carbocycles. The fraction of sp³-hybridized carbons (Fsp3) is 0.500. The topological polar surface area (TPSA) is 83.5 Å². The molecule has 2 saturated carbocycles. The van der Waals surface area contributed by atoms with Crippen molar-refractivity contribution >= 4 is 16.1 Å². The third-order valence-electron chi connectivity index (χ3n) is 4.37. The molecule has 0 N–H and O–H groups in total. The van der Waals surface area contributed by atoms with E-state index >= 15 is 0 Å². The van der Waals surface area contributed by atoms with E-state index in [9.17, 15) is 17.8 Å². The maximum atomic E-state index is 12.1. The van der Waals surface area contributed by atoms with Gasteiger partial charge in [0.05, 0.1) is 10.8 Å². The first kappa shape index (κ1) is 13.6. The number of hydrogen-bond donors (Lipinski definition) is 0. The lowest BCUT2D eigenvalue weighted by molar-refractivity contribution is -0.140. The molecular formula is C14H15O5S-. The summed E-state index contributed by atoms with van der Waals surface area (Å²) in [4.78, 5) is 11.8. The zero-order valence-electron chi connectivity index (χ0n) is 10.8. The number of fused-ring (bicyclic) bond motifs is 2. The van der Waals surface area contributed by atoms with Crippen molar-refractivity contribution in [3.63, 3.8) is 0 Å². The van der Waals surface area contributed by atoms with Gasteiger partial charge in [-0.25, -0.2) is 8.42 Å². The Labute approximate surface area is 117 Å². The Bertz CT molecular complexity index is 619. The first-order valence-electron chi connectivity index (χ1n) is 6.71. The van der Waals surface area contributed by atoms with Crippen LogP contribution in [-0.2, 0) is 14.9 Å². The van der Waals surface area contributed by atoms with Crippen molar-refractivity contribution in [2.24, 2.45) is 17.8 Å². The highest BCUT2D eigenvalue weighted by molar-refractivity contribution is 7.85. The molecule has 3 unspecified atom stereocenters. The second kappa shape index (κ2) is 4.86. The number of esters is 1. The van der Waals surface area contributed by atoms with Crippen molar-refractivity contribution < 1.29 is 22.5 Å². The highest BCUT2D eigenvalue weighted by atomic mass is 32.2. The quantitative estimate of drug-likeness (QED) is 0.483. The lowest BCUT2D eigenvalue weighted by atomic mass is 9.89. The van der Waals surface area contributed by atoms with Gasteiger partial charge in [-0.05, 0) is 55.4 Å². The zero-order valence-corrected chi connectivity index (χ0v) is 11.6. The van der Waals surface area contributed by atoms with Crippen molar-refractivity contribution in [1.29, 1.82) is 0 Å². The van der Waals surface area contributed by atoms with E-state index in [0.717, 1.165) is 31.4 Å². The summed E-state index contributed by atoms with van der Waals surface area (Å²) in [6, 6.07) is 5.00. The molecule has 20 heavy (non-hydrogen) atoms. The van der Waals surface area contributed by atoms with E-state index in [0.29, 0.717) is 11.8 Å². The van der Waals surface area contributed by atoms with Crippen LogP contribution in [0.5, 0.6) is 5.75 Å². The lowest BCUT2D eigenvalue weighted by Crippen LogP contribution is -2.25. The summed E-state index contributed by atoms with van der Waals surface area (Å²) in [5.74, 6) is 1.11. The fourth-order valence-electron chi connectivity index (χ4n) is 3.40. The highest BCUT2D eigenvalue weighted by Crippen LogP contribution is 2.48. The van der Waals surface area contributed by atoms with Crippen molar-refractivity contribution in [2.45, 2.75) is 30.6 Å². The van der Waals surface area contributed by atoms with Crippen LogP contribution in [0.1, 0.15) is 25.7 Å². The Hall–Kier alpha value is -1.40.